The Morgan fingerprint density at radius 1 is 0.548 bits per heavy atom. The molecule has 4 aromatic carbocycles. The number of carbonyl (C=O) groups excluding carboxylic acids is 1. The number of nitrogens with one attached hydrogen (secondary N) is 1. The third-order valence-electron chi connectivity index (χ3n) is 5.06. The Morgan fingerprint density at radius 2 is 0.903 bits per heavy atom. The first-order chi connectivity index (χ1) is 15.3. The van der Waals surface area contributed by atoms with Gasteiger partial charge in [-0.05, 0) is 51.6 Å². The molecule has 0 aliphatic heterocycles. The first-order valence-corrected chi connectivity index (χ1v) is 10.2. The smallest absolute Gasteiger partial charge is 0.247 e. The molecule has 0 saturated carbocycles. The van der Waals surface area contributed by atoms with Gasteiger partial charge in [-0.1, -0.05) is 110 Å². The summed E-state index contributed by atoms with van der Waals surface area (Å²) in [6.45, 7) is 3.51. The maximum absolute atomic E-state index is 11.7. The van der Waals surface area contributed by atoms with Crippen LogP contribution in [0.5, 0.6) is 0 Å². The lowest BCUT2D eigenvalue weighted by molar-refractivity contribution is -0.111. The molecule has 0 aliphatic rings. The van der Waals surface area contributed by atoms with Crippen molar-refractivity contribution in [3.63, 3.8) is 0 Å². The molecule has 0 fully saturated rings. The third kappa shape index (κ3) is 4.71. The van der Waals surface area contributed by atoms with E-state index in [4.69, 9.17) is 0 Å². The van der Waals surface area contributed by atoms with Crippen LogP contribution in [0.15, 0.2) is 128 Å². The summed E-state index contributed by atoms with van der Waals surface area (Å²) in [5, 5.41) is 2.82. The molecule has 0 radical (unpaired) electrons. The van der Waals surface area contributed by atoms with E-state index in [1.54, 1.807) is 0 Å². The maximum atomic E-state index is 11.7. The molecular weight excluding hydrogens is 378 g/mol. The number of hydrogen-bond donors (Lipinski definition) is 1. The Morgan fingerprint density at radius 3 is 1.26 bits per heavy atom. The molecule has 4 rings (SSSR count). The molecule has 0 atom stereocenters. The predicted molar refractivity (Wildman–Crippen MR) is 130 cm³/mol. The Kier molecular flexibility index (Phi) is 6.20. The van der Waals surface area contributed by atoms with Crippen LogP contribution >= 0.6 is 0 Å². The van der Waals surface area contributed by atoms with Gasteiger partial charge in [-0.2, -0.15) is 0 Å². The second-order valence-corrected chi connectivity index (χ2v) is 7.12. The van der Waals surface area contributed by atoms with E-state index >= 15 is 0 Å². The Bertz CT molecular complexity index is 1150. The highest BCUT2D eigenvalue weighted by Gasteiger charge is 2.16. The number of carbonyl (C=O) groups is 1. The lowest BCUT2D eigenvalue weighted by atomic mass is 9.86. The zero-order chi connectivity index (χ0) is 21.5. The minimum atomic E-state index is -0.221. The van der Waals surface area contributed by atoms with E-state index in [1.165, 1.54) is 6.08 Å². The largest absolute Gasteiger partial charge is 0.323 e. The van der Waals surface area contributed by atoms with Crippen molar-refractivity contribution in [1.82, 2.24) is 0 Å². The Hall–Kier alpha value is -4.17. The molecule has 0 spiro atoms. The average molecular weight is 402 g/mol. The fraction of sp³-hybridized carbons (Fsp3) is 0. The average Bonchev–Trinajstić information content (AvgIpc) is 2.84. The van der Waals surface area contributed by atoms with Gasteiger partial charge in [0.25, 0.3) is 0 Å². The zero-order valence-electron chi connectivity index (χ0n) is 17.2. The van der Waals surface area contributed by atoms with Crippen molar-refractivity contribution < 1.29 is 4.79 Å². The van der Waals surface area contributed by atoms with Gasteiger partial charge in [0.05, 0.1) is 0 Å². The molecule has 1 amide bonds. The fourth-order valence-corrected chi connectivity index (χ4v) is 3.64. The van der Waals surface area contributed by atoms with E-state index in [9.17, 15) is 4.79 Å². The Labute approximate surface area is 183 Å². The SMILES string of the molecule is C=CC(=O)Nc1ccc(C(=C(c2ccccc2)c2ccccc2)c2ccccc2)cc1. The summed E-state index contributed by atoms with van der Waals surface area (Å²) in [5.74, 6) is -0.221. The zero-order valence-corrected chi connectivity index (χ0v) is 17.2. The van der Waals surface area contributed by atoms with Gasteiger partial charge in [0.2, 0.25) is 5.91 Å². The molecule has 150 valence electrons. The second-order valence-electron chi connectivity index (χ2n) is 7.12. The lowest BCUT2D eigenvalue weighted by Crippen LogP contribution is -2.07. The lowest BCUT2D eigenvalue weighted by Gasteiger charge is -2.18. The van der Waals surface area contributed by atoms with Crippen molar-refractivity contribution in [1.29, 1.82) is 0 Å². The molecule has 0 heterocycles. The topological polar surface area (TPSA) is 29.1 Å². The van der Waals surface area contributed by atoms with Gasteiger partial charge in [0.15, 0.2) is 0 Å². The number of anilines is 1. The monoisotopic (exact) mass is 401 g/mol. The van der Waals surface area contributed by atoms with E-state index in [0.29, 0.717) is 0 Å². The van der Waals surface area contributed by atoms with Crippen LogP contribution in [-0.4, -0.2) is 5.91 Å². The summed E-state index contributed by atoms with van der Waals surface area (Å²) in [6.07, 6.45) is 1.27. The predicted octanol–water partition coefficient (Wildman–Crippen LogP) is 6.82. The van der Waals surface area contributed by atoms with Gasteiger partial charge in [-0.15, -0.1) is 0 Å². The maximum Gasteiger partial charge on any atom is 0.247 e. The third-order valence-corrected chi connectivity index (χ3v) is 5.06. The number of rotatable bonds is 6. The molecule has 31 heavy (non-hydrogen) atoms. The van der Waals surface area contributed by atoms with Crippen molar-refractivity contribution in [3.8, 4) is 0 Å². The van der Waals surface area contributed by atoms with E-state index in [1.807, 2.05) is 42.5 Å². The fourth-order valence-electron chi connectivity index (χ4n) is 3.64. The summed E-state index contributed by atoms with van der Waals surface area (Å²) < 4.78 is 0. The highest BCUT2D eigenvalue weighted by molar-refractivity contribution is 6.05. The summed E-state index contributed by atoms with van der Waals surface area (Å²) in [4.78, 5) is 11.7. The molecule has 2 heteroatoms. The quantitative estimate of drug-likeness (QED) is 0.279. The van der Waals surface area contributed by atoms with Crippen LogP contribution in [0.3, 0.4) is 0 Å². The van der Waals surface area contributed by atoms with Crippen molar-refractivity contribution in [2.45, 2.75) is 0 Å². The molecule has 0 saturated heterocycles. The van der Waals surface area contributed by atoms with E-state index in [-0.39, 0.29) is 5.91 Å². The highest BCUT2D eigenvalue weighted by Crippen LogP contribution is 2.37. The highest BCUT2D eigenvalue weighted by atomic mass is 16.1. The number of amides is 1. The normalized spacial score (nSPS) is 10.2. The second kappa shape index (κ2) is 9.55. The van der Waals surface area contributed by atoms with Crippen molar-refractivity contribution in [2.75, 3.05) is 5.32 Å². The van der Waals surface area contributed by atoms with Crippen LogP contribution in [0, 0.1) is 0 Å². The first kappa shape index (κ1) is 20.1. The first-order valence-electron chi connectivity index (χ1n) is 10.2. The van der Waals surface area contributed by atoms with Gasteiger partial charge < -0.3 is 5.32 Å². The van der Waals surface area contributed by atoms with Gasteiger partial charge in [0, 0.05) is 5.69 Å². The summed E-state index contributed by atoms with van der Waals surface area (Å²) in [7, 11) is 0. The van der Waals surface area contributed by atoms with Crippen molar-refractivity contribution >= 4 is 22.7 Å². The van der Waals surface area contributed by atoms with Crippen LogP contribution in [0.1, 0.15) is 22.3 Å². The van der Waals surface area contributed by atoms with Crippen molar-refractivity contribution in [3.05, 3.63) is 150 Å². The minimum Gasteiger partial charge on any atom is -0.323 e. The molecule has 4 aromatic rings. The molecule has 2 nitrogen and oxygen atoms in total. The van der Waals surface area contributed by atoms with Gasteiger partial charge >= 0.3 is 0 Å². The van der Waals surface area contributed by atoms with Crippen LogP contribution in [0.2, 0.25) is 0 Å². The molecule has 0 aromatic heterocycles. The molecule has 0 unspecified atom stereocenters. The Balaban J connectivity index is 1.96. The van der Waals surface area contributed by atoms with E-state index < -0.39 is 0 Å². The number of benzene rings is 4. The molecule has 0 bridgehead atoms. The van der Waals surface area contributed by atoms with E-state index in [0.717, 1.165) is 39.1 Å². The van der Waals surface area contributed by atoms with Gasteiger partial charge in [-0.25, -0.2) is 0 Å². The van der Waals surface area contributed by atoms with Crippen LogP contribution in [-0.2, 0) is 4.79 Å². The van der Waals surface area contributed by atoms with E-state index in [2.05, 4.69) is 84.7 Å². The van der Waals surface area contributed by atoms with Crippen LogP contribution < -0.4 is 5.32 Å². The summed E-state index contributed by atoms with van der Waals surface area (Å²) in [6, 6.07) is 39.2. The van der Waals surface area contributed by atoms with Gasteiger partial charge in [-0.3, -0.25) is 4.79 Å². The van der Waals surface area contributed by atoms with Crippen molar-refractivity contribution in [2.24, 2.45) is 0 Å². The summed E-state index contributed by atoms with van der Waals surface area (Å²) >= 11 is 0. The van der Waals surface area contributed by atoms with Gasteiger partial charge in [0.1, 0.15) is 0 Å². The minimum absolute atomic E-state index is 0.221. The summed E-state index contributed by atoms with van der Waals surface area (Å²) in [5.41, 5.74) is 7.55. The molecule has 0 aliphatic carbocycles. The molecular formula is C29H23NO. The molecule has 1 N–H and O–H groups in total. The van der Waals surface area contributed by atoms with Crippen LogP contribution in [0.25, 0.3) is 11.1 Å². The van der Waals surface area contributed by atoms with Crippen LogP contribution in [0.4, 0.5) is 5.69 Å². The number of hydrogen-bond acceptors (Lipinski definition) is 1. The standard InChI is InChI=1S/C29H23NO/c1-2-27(31)30-26-20-18-25(19-21-26)29(24-16-10-5-11-17-24)28(22-12-6-3-7-13-22)23-14-8-4-9-15-23/h2-21H,1H2,(H,30,31).